The topological polar surface area (TPSA) is 21.3 Å². The summed E-state index contributed by atoms with van der Waals surface area (Å²) in [5.41, 5.74) is 1.54. The molecule has 1 aromatic carbocycles. The van der Waals surface area contributed by atoms with Crippen LogP contribution in [0.1, 0.15) is 12.0 Å². The minimum atomic E-state index is -4.12. The molecule has 0 spiro atoms. The zero-order chi connectivity index (χ0) is 12.0. The standard InChI is InChI=1S/C11H14F3NO/c1-16-8-9-4-2-3-5-10(9)15-7-6-11(12,13)14/h2-5,15H,6-8H2,1H3. The summed E-state index contributed by atoms with van der Waals surface area (Å²) in [6.45, 7) is 0.263. The molecule has 0 heterocycles. The van der Waals surface area contributed by atoms with Gasteiger partial charge in [-0.3, -0.25) is 0 Å². The highest BCUT2D eigenvalue weighted by Crippen LogP contribution is 2.21. The summed E-state index contributed by atoms with van der Waals surface area (Å²) >= 11 is 0. The second-order valence-electron chi connectivity index (χ2n) is 3.38. The van der Waals surface area contributed by atoms with Crippen LogP contribution < -0.4 is 5.32 Å². The first-order chi connectivity index (χ1) is 7.53. The van der Waals surface area contributed by atoms with Crippen molar-refractivity contribution in [1.29, 1.82) is 0 Å². The predicted octanol–water partition coefficient (Wildman–Crippen LogP) is 3.20. The van der Waals surface area contributed by atoms with E-state index >= 15 is 0 Å². The van der Waals surface area contributed by atoms with Gasteiger partial charge >= 0.3 is 6.18 Å². The minimum Gasteiger partial charge on any atom is -0.384 e. The number of halogens is 3. The molecule has 0 bridgehead atoms. The van der Waals surface area contributed by atoms with Crippen molar-refractivity contribution in [2.45, 2.75) is 19.2 Å². The first kappa shape index (κ1) is 12.8. The Morgan fingerprint density at radius 3 is 2.56 bits per heavy atom. The number of hydrogen-bond donors (Lipinski definition) is 1. The number of methoxy groups -OCH3 is 1. The monoisotopic (exact) mass is 233 g/mol. The molecule has 1 N–H and O–H groups in total. The van der Waals surface area contributed by atoms with Crippen LogP contribution in [0.2, 0.25) is 0 Å². The van der Waals surface area contributed by atoms with Gasteiger partial charge in [-0.05, 0) is 6.07 Å². The summed E-state index contributed by atoms with van der Waals surface area (Å²) in [5.74, 6) is 0. The van der Waals surface area contributed by atoms with Crippen molar-refractivity contribution in [2.24, 2.45) is 0 Å². The zero-order valence-electron chi connectivity index (χ0n) is 8.97. The van der Waals surface area contributed by atoms with E-state index in [4.69, 9.17) is 4.74 Å². The second kappa shape index (κ2) is 5.75. The molecule has 90 valence electrons. The normalized spacial score (nSPS) is 11.5. The van der Waals surface area contributed by atoms with E-state index in [1.807, 2.05) is 12.1 Å². The lowest BCUT2D eigenvalue weighted by Crippen LogP contribution is -2.15. The van der Waals surface area contributed by atoms with Crippen molar-refractivity contribution in [3.8, 4) is 0 Å². The highest BCUT2D eigenvalue weighted by molar-refractivity contribution is 5.50. The van der Waals surface area contributed by atoms with Gasteiger partial charge in [-0.1, -0.05) is 18.2 Å². The fraction of sp³-hybridized carbons (Fsp3) is 0.455. The molecule has 1 rings (SSSR count). The smallest absolute Gasteiger partial charge is 0.384 e. The van der Waals surface area contributed by atoms with Crippen LogP contribution in [0.15, 0.2) is 24.3 Å². The van der Waals surface area contributed by atoms with Crippen LogP contribution >= 0.6 is 0 Å². The second-order valence-corrected chi connectivity index (χ2v) is 3.38. The van der Waals surface area contributed by atoms with Gasteiger partial charge in [0.1, 0.15) is 0 Å². The van der Waals surface area contributed by atoms with Crippen LogP contribution in [0.5, 0.6) is 0 Å². The quantitative estimate of drug-likeness (QED) is 0.843. The Hall–Kier alpha value is -1.23. The van der Waals surface area contributed by atoms with Crippen LogP contribution in [0.4, 0.5) is 18.9 Å². The highest BCUT2D eigenvalue weighted by atomic mass is 19.4. The molecule has 0 aliphatic heterocycles. The van der Waals surface area contributed by atoms with E-state index in [0.29, 0.717) is 12.3 Å². The Balaban J connectivity index is 2.52. The molecule has 1 aromatic rings. The zero-order valence-corrected chi connectivity index (χ0v) is 8.97. The Morgan fingerprint density at radius 1 is 1.25 bits per heavy atom. The van der Waals surface area contributed by atoms with E-state index in [1.165, 1.54) is 0 Å². The van der Waals surface area contributed by atoms with Gasteiger partial charge < -0.3 is 10.1 Å². The van der Waals surface area contributed by atoms with Crippen molar-refractivity contribution in [3.05, 3.63) is 29.8 Å². The largest absolute Gasteiger partial charge is 0.390 e. The molecule has 2 nitrogen and oxygen atoms in total. The molecular formula is C11H14F3NO. The Kier molecular flexibility index (Phi) is 4.61. The molecule has 0 aliphatic rings. The number of hydrogen-bond acceptors (Lipinski definition) is 2. The molecule has 5 heteroatoms. The summed E-state index contributed by atoms with van der Waals surface area (Å²) < 4.78 is 40.8. The van der Waals surface area contributed by atoms with E-state index in [0.717, 1.165) is 5.56 Å². The average Bonchev–Trinajstić information content (AvgIpc) is 2.19. The maximum atomic E-state index is 11.9. The maximum Gasteiger partial charge on any atom is 0.390 e. The van der Waals surface area contributed by atoms with Gasteiger partial charge in [0.2, 0.25) is 0 Å². The van der Waals surface area contributed by atoms with Crippen molar-refractivity contribution in [3.63, 3.8) is 0 Å². The van der Waals surface area contributed by atoms with E-state index in [9.17, 15) is 13.2 Å². The van der Waals surface area contributed by atoms with Gasteiger partial charge in [-0.2, -0.15) is 13.2 Å². The number of benzene rings is 1. The lowest BCUT2D eigenvalue weighted by atomic mass is 10.2. The van der Waals surface area contributed by atoms with Crippen LogP contribution in [0.3, 0.4) is 0 Å². The predicted molar refractivity (Wildman–Crippen MR) is 56.3 cm³/mol. The Bertz CT molecular complexity index is 325. The van der Waals surface area contributed by atoms with Crippen molar-refractivity contribution in [1.82, 2.24) is 0 Å². The Morgan fingerprint density at radius 2 is 1.94 bits per heavy atom. The first-order valence-electron chi connectivity index (χ1n) is 4.90. The molecule has 0 radical (unpaired) electrons. The van der Waals surface area contributed by atoms with Crippen molar-refractivity contribution in [2.75, 3.05) is 19.0 Å². The minimum absolute atomic E-state index is 0.121. The van der Waals surface area contributed by atoms with E-state index in [2.05, 4.69) is 5.32 Å². The van der Waals surface area contributed by atoms with Gasteiger partial charge in [-0.15, -0.1) is 0 Å². The summed E-state index contributed by atoms with van der Waals surface area (Å²) in [5, 5.41) is 2.75. The third-order valence-electron chi connectivity index (χ3n) is 2.04. The van der Waals surface area contributed by atoms with Crippen LogP contribution in [0.25, 0.3) is 0 Å². The van der Waals surface area contributed by atoms with E-state index < -0.39 is 12.6 Å². The van der Waals surface area contributed by atoms with Crippen molar-refractivity contribution >= 4 is 5.69 Å². The third-order valence-corrected chi connectivity index (χ3v) is 2.04. The van der Waals surface area contributed by atoms with Crippen LogP contribution in [-0.2, 0) is 11.3 Å². The number of para-hydroxylation sites is 1. The number of alkyl halides is 3. The van der Waals surface area contributed by atoms with Gasteiger partial charge in [-0.25, -0.2) is 0 Å². The molecule has 0 amide bonds. The fourth-order valence-corrected chi connectivity index (χ4v) is 1.31. The first-order valence-corrected chi connectivity index (χ1v) is 4.90. The molecule has 0 aromatic heterocycles. The van der Waals surface area contributed by atoms with E-state index in [1.54, 1.807) is 19.2 Å². The maximum absolute atomic E-state index is 11.9. The summed E-state index contributed by atoms with van der Waals surface area (Å²) in [6, 6.07) is 7.16. The van der Waals surface area contributed by atoms with Gasteiger partial charge in [0.25, 0.3) is 0 Å². The number of anilines is 1. The summed E-state index contributed by atoms with van der Waals surface area (Å²) in [4.78, 5) is 0. The third kappa shape index (κ3) is 4.53. The van der Waals surface area contributed by atoms with Gasteiger partial charge in [0.15, 0.2) is 0 Å². The molecule has 0 aliphatic carbocycles. The molecule has 0 unspecified atom stereocenters. The van der Waals surface area contributed by atoms with Crippen LogP contribution in [-0.4, -0.2) is 19.8 Å². The molecular weight excluding hydrogens is 219 g/mol. The molecule has 0 saturated carbocycles. The van der Waals surface area contributed by atoms with Crippen LogP contribution in [0, 0.1) is 0 Å². The fourth-order valence-electron chi connectivity index (χ4n) is 1.31. The molecule has 0 saturated heterocycles. The molecule has 0 fully saturated rings. The summed E-state index contributed by atoms with van der Waals surface area (Å²) in [6.07, 6.45) is -4.96. The molecule has 16 heavy (non-hydrogen) atoms. The van der Waals surface area contributed by atoms with Gasteiger partial charge in [0, 0.05) is 24.9 Å². The average molecular weight is 233 g/mol. The number of nitrogens with one attached hydrogen (secondary N) is 1. The lowest BCUT2D eigenvalue weighted by molar-refractivity contribution is -0.131. The summed E-state index contributed by atoms with van der Waals surface area (Å²) in [7, 11) is 1.55. The molecule has 0 atom stereocenters. The van der Waals surface area contributed by atoms with Crippen molar-refractivity contribution < 1.29 is 17.9 Å². The van der Waals surface area contributed by atoms with Gasteiger partial charge in [0.05, 0.1) is 13.0 Å². The Labute approximate surface area is 92.4 Å². The number of rotatable bonds is 5. The lowest BCUT2D eigenvalue weighted by Gasteiger charge is -2.12. The SMILES string of the molecule is COCc1ccccc1NCCC(F)(F)F. The highest BCUT2D eigenvalue weighted by Gasteiger charge is 2.26. The van der Waals surface area contributed by atoms with E-state index in [-0.39, 0.29) is 6.54 Å². The number of ether oxygens (including phenoxy) is 1.